The third-order valence-electron chi connectivity index (χ3n) is 5.00. The number of carbonyl (C=O) groups is 1. The topological polar surface area (TPSA) is 44.7 Å². The van der Waals surface area contributed by atoms with Crippen LogP contribution in [0.15, 0.2) is 77.8 Å². The molecule has 1 aliphatic rings. The molecule has 3 aromatic carbocycles. The summed E-state index contributed by atoms with van der Waals surface area (Å²) < 4.78 is 0. The zero-order valence-electron chi connectivity index (χ0n) is 16.4. The molecule has 0 fully saturated rings. The van der Waals surface area contributed by atoms with E-state index in [-0.39, 0.29) is 5.91 Å². The molecular weight excluding hydrogens is 382 g/mol. The fraction of sp³-hybridized carbons (Fsp3) is 0.167. The van der Waals surface area contributed by atoms with Gasteiger partial charge in [-0.25, -0.2) is 4.99 Å². The number of likely N-dealkylation sites (N-methyl/N-ethyl adjacent to an activating group) is 1. The molecule has 5 heteroatoms. The highest BCUT2D eigenvalue weighted by Gasteiger charge is 2.30. The molecule has 0 radical (unpaired) electrons. The first-order valence-electron chi connectivity index (χ1n) is 9.64. The van der Waals surface area contributed by atoms with E-state index in [1.165, 1.54) is 0 Å². The molecule has 0 aliphatic carbocycles. The molecule has 4 rings (SSSR count). The molecule has 1 N–H and O–H groups in total. The zero-order chi connectivity index (χ0) is 20.4. The van der Waals surface area contributed by atoms with E-state index >= 15 is 0 Å². The summed E-state index contributed by atoms with van der Waals surface area (Å²) in [6.07, 6.45) is -0.691. The van der Waals surface area contributed by atoms with Crippen LogP contribution < -0.4 is 10.2 Å². The number of benzodiazepines with no additional fused rings is 1. The lowest BCUT2D eigenvalue weighted by Crippen LogP contribution is -2.43. The Labute approximate surface area is 175 Å². The highest BCUT2D eigenvalue weighted by Crippen LogP contribution is 2.29. The van der Waals surface area contributed by atoms with Crippen molar-refractivity contribution < 1.29 is 4.79 Å². The molecule has 4 nitrogen and oxygen atoms in total. The molecule has 1 atom stereocenters. The molecule has 1 amide bonds. The molecule has 0 spiro atoms. The first kappa shape index (κ1) is 19.2. The minimum Gasteiger partial charge on any atom is -0.342 e. The van der Waals surface area contributed by atoms with E-state index < -0.39 is 6.17 Å². The maximum atomic E-state index is 13.2. The number of hydrogen-bond acceptors (Lipinski definition) is 3. The van der Waals surface area contributed by atoms with Gasteiger partial charge in [0.1, 0.15) is 0 Å². The summed E-state index contributed by atoms with van der Waals surface area (Å²) in [5.74, 6) is -0.164. The number of carbonyl (C=O) groups excluding carboxylic acids is 1. The number of anilines is 2. The summed E-state index contributed by atoms with van der Waals surface area (Å²) in [4.78, 5) is 20.2. The largest absolute Gasteiger partial charge is 0.342 e. The lowest BCUT2D eigenvalue weighted by Gasteiger charge is -2.29. The van der Waals surface area contributed by atoms with Crippen LogP contribution in [0.2, 0.25) is 5.02 Å². The van der Waals surface area contributed by atoms with Gasteiger partial charge < -0.3 is 10.2 Å². The number of fused-ring (bicyclic) bond motifs is 1. The molecule has 29 heavy (non-hydrogen) atoms. The van der Waals surface area contributed by atoms with Gasteiger partial charge in [0, 0.05) is 28.4 Å². The molecule has 1 unspecified atom stereocenters. The van der Waals surface area contributed by atoms with Crippen LogP contribution in [0.3, 0.4) is 0 Å². The molecule has 3 aromatic rings. The normalized spacial score (nSPS) is 15.8. The van der Waals surface area contributed by atoms with E-state index in [4.69, 9.17) is 16.6 Å². The maximum Gasteiger partial charge on any atom is 0.269 e. The van der Waals surface area contributed by atoms with E-state index in [9.17, 15) is 4.79 Å². The van der Waals surface area contributed by atoms with Gasteiger partial charge in [-0.05, 0) is 49.7 Å². The summed E-state index contributed by atoms with van der Waals surface area (Å²) in [6.45, 7) is 4.72. The van der Waals surface area contributed by atoms with Crippen LogP contribution in [0.25, 0.3) is 0 Å². The quantitative estimate of drug-likeness (QED) is 0.643. The number of aryl methyl sites for hydroxylation is 1. The van der Waals surface area contributed by atoms with Crippen molar-refractivity contribution in [3.8, 4) is 0 Å². The van der Waals surface area contributed by atoms with Gasteiger partial charge in [0.25, 0.3) is 5.91 Å². The van der Waals surface area contributed by atoms with Crippen LogP contribution >= 0.6 is 11.6 Å². The number of amides is 1. The first-order chi connectivity index (χ1) is 14.1. The van der Waals surface area contributed by atoms with E-state index in [2.05, 4.69) is 11.4 Å². The van der Waals surface area contributed by atoms with Crippen molar-refractivity contribution in [2.75, 3.05) is 16.8 Å². The third-order valence-corrected chi connectivity index (χ3v) is 5.23. The lowest BCUT2D eigenvalue weighted by molar-refractivity contribution is -0.117. The molecule has 1 aliphatic heterocycles. The van der Waals surface area contributed by atoms with Gasteiger partial charge in [0.05, 0.1) is 11.4 Å². The number of aliphatic imine (C=N–C) groups is 1. The second-order valence-corrected chi connectivity index (χ2v) is 7.46. The highest BCUT2D eigenvalue weighted by molar-refractivity contribution is 6.32. The van der Waals surface area contributed by atoms with Gasteiger partial charge >= 0.3 is 0 Å². The second kappa shape index (κ2) is 8.10. The fourth-order valence-corrected chi connectivity index (χ4v) is 3.78. The molecule has 0 aromatic heterocycles. The number of nitrogens with zero attached hydrogens (tertiary/aromatic N) is 2. The molecule has 0 bridgehead atoms. The Bertz CT molecular complexity index is 1080. The van der Waals surface area contributed by atoms with Crippen molar-refractivity contribution in [3.05, 3.63) is 94.5 Å². The summed E-state index contributed by atoms with van der Waals surface area (Å²) in [7, 11) is 0. The van der Waals surface area contributed by atoms with Crippen molar-refractivity contribution in [1.29, 1.82) is 0 Å². The van der Waals surface area contributed by atoms with Crippen LogP contribution in [0.5, 0.6) is 0 Å². The number of rotatable bonds is 4. The predicted molar refractivity (Wildman–Crippen MR) is 120 cm³/mol. The summed E-state index contributed by atoms with van der Waals surface area (Å²) in [5, 5.41) is 3.65. The Morgan fingerprint density at radius 2 is 1.83 bits per heavy atom. The number of nitrogens with one attached hydrogen (secondary N) is 1. The van der Waals surface area contributed by atoms with Gasteiger partial charge in [-0.2, -0.15) is 0 Å². The first-order valence-corrected chi connectivity index (χ1v) is 10.0. The Morgan fingerprint density at radius 3 is 2.55 bits per heavy atom. The van der Waals surface area contributed by atoms with Crippen molar-refractivity contribution >= 4 is 34.6 Å². The zero-order valence-corrected chi connectivity index (χ0v) is 17.1. The molecule has 146 valence electrons. The van der Waals surface area contributed by atoms with Crippen molar-refractivity contribution in [2.24, 2.45) is 4.99 Å². The monoisotopic (exact) mass is 403 g/mol. The van der Waals surface area contributed by atoms with Gasteiger partial charge in [0.2, 0.25) is 6.17 Å². The Balaban J connectivity index is 1.89. The number of halogens is 1. The van der Waals surface area contributed by atoms with Gasteiger partial charge in [0.15, 0.2) is 0 Å². The Hall–Kier alpha value is -3.11. The minimum atomic E-state index is -0.691. The van der Waals surface area contributed by atoms with E-state index in [1.54, 1.807) is 6.07 Å². The van der Waals surface area contributed by atoms with Crippen LogP contribution in [-0.4, -0.2) is 24.3 Å². The van der Waals surface area contributed by atoms with E-state index in [1.807, 2.05) is 79.4 Å². The highest BCUT2D eigenvalue weighted by atomic mass is 35.5. The summed E-state index contributed by atoms with van der Waals surface area (Å²) >= 11 is 6.28. The lowest BCUT2D eigenvalue weighted by atomic mass is 10.0. The Kier molecular flexibility index (Phi) is 5.36. The van der Waals surface area contributed by atoms with Gasteiger partial charge in [-0.3, -0.25) is 4.79 Å². The van der Waals surface area contributed by atoms with Crippen LogP contribution in [0, 0.1) is 6.92 Å². The van der Waals surface area contributed by atoms with Crippen LogP contribution in [-0.2, 0) is 4.79 Å². The van der Waals surface area contributed by atoms with Crippen molar-refractivity contribution in [1.82, 2.24) is 0 Å². The van der Waals surface area contributed by atoms with Crippen LogP contribution in [0.4, 0.5) is 11.4 Å². The molecule has 0 saturated carbocycles. The summed E-state index contributed by atoms with van der Waals surface area (Å²) in [5.41, 5.74) is 5.32. The van der Waals surface area contributed by atoms with Crippen molar-refractivity contribution in [2.45, 2.75) is 20.0 Å². The van der Waals surface area contributed by atoms with Gasteiger partial charge in [-0.15, -0.1) is 0 Å². The average Bonchev–Trinajstić information content (AvgIpc) is 2.86. The Morgan fingerprint density at radius 1 is 1.03 bits per heavy atom. The third kappa shape index (κ3) is 3.89. The molecule has 0 saturated heterocycles. The molecular formula is C24H22ClN3O. The fourth-order valence-electron chi connectivity index (χ4n) is 3.61. The maximum absolute atomic E-state index is 13.2. The van der Waals surface area contributed by atoms with E-state index in [0.29, 0.717) is 17.3 Å². The molecule has 1 heterocycles. The standard InChI is InChI=1S/C24H22ClN3O/c1-3-28(19-11-7-8-16(2)14-19)23-24(29)26-21-13-12-18(25)15-20(21)22(27-23)17-9-5-4-6-10-17/h4-15,23H,3H2,1-2H3,(H,26,29). The van der Waals surface area contributed by atoms with Gasteiger partial charge in [-0.1, -0.05) is 54.1 Å². The number of hydrogen-bond donors (Lipinski definition) is 1. The predicted octanol–water partition coefficient (Wildman–Crippen LogP) is 5.29. The summed E-state index contributed by atoms with van der Waals surface area (Å²) in [6, 6.07) is 23.5. The minimum absolute atomic E-state index is 0.164. The second-order valence-electron chi connectivity index (χ2n) is 7.02. The average molecular weight is 404 g/mol. The smallest absolute Gasteiger partial charge is 0.269 e. The van der Waals surface area contributed by atoms with Crippen molar-refractivity contribution in [3.63, 3.8) is 0 Å². The van der Waals surface area contributed by atoms with E-state index in [0.717, 1.165) is 28.1 Å². The van der Waals surface area contributed by atoms with Crippen LogP contribution in [0.1, 0.15) is 23.6 Å². The number of benzene rings is 3. The SMILES string of the molecule is CCN(c1cccc(C)c1)C1N=C(c2ccccc2)c2cc(Cl)ccc2NC1=O.